The molecule has 1 unspecified atom stereocenters. The molecule has 0 radical (unpaired) electrons. The van der Waals surface area contributed by atoms with E-state index in [4.69, 9.17) is 14.2 Å². The Kier molecular flexibility index (Phi) is 18.5. The Labute approximate surface area is 268 Å². The van der Waals surface area contributed by atoms with Crippen molar-refractivity contribution in [3.63, 3.8) is 0 Å². The third-order valence-electron chi connectivity index (χ3n) is 10.0. The van der Waals surface area contributed by atoms with E-state index < -0.39 is 12.2 Å². The Hall–Kier alpha value is -0.990. The Morgan fingerprint density at radius 2 is 1.09 bits per heavy atom. The minimum atomic E-state index is -0.463. The van der Waals surface area contributed by atoms with Crippen molar-refractivity contribution in [2.45, 2.75) is 217 Å². The summed E-state index contributed by atoms with van der Waals surface area (Å²) in [4.78, 5) is 11.7. The number of hydrogen-bond donors (Lipinski definition) is 3. The molecule has 0 spiro atoms. The van der Waals surface area contributed by atoms with E-state index in [0.29, 0.717) is 12.0 Å². The molecule has 0 saturated carbocycles. The zero-order chi connectivity index (χ0) is 31.6. The Morgan fingerprint density at radius 1 is 0.659 bits per heavy atom. The number of cyclic esters (lactones) is 1. The van der Waals surface area contributed by atoms with Gasteiger partial charge in [-0.3, -0.25) is 0 Å². The van der Waals surface area contributed by atoms with Crippen molar-refractivity contribution in [1.82, 2.24) is 0 Å². The van der Waals surface area contributed by atoms with Gasteiger partial charge in [0.05, 0.1) is 42.7 Å². The number of rotatable bonds is 25. The summed E-state index contributed by atoms with van der Waals surface area (Å²) in [5.74, 6) is -0.281. The lowest BCUT2D eigenvalue weighted by atomic mass is 10.00. The SMILES string of the molecule is CCCCCCCCCC[C@@H](O)[C@@H]1CCC([C@@H]2CC[C@@H]([C@@H](O)CCCCCCCCCC[C@@H](O)CC3=C[C@H](C)OC3=O)O2)O1. The highest BCUT2D eigenvalue weighted by molar-refractivity contribution is 5.90. The molecule has 0 aromatic rings. The van der Waals surface area contributed by atoms with Gasteiger partial charge in [0, 0.05) is 12.0 Å². The molecule has 0 aromatic heterocycles. The molecule has 256 valence electrons. The van der Waals surface area contributed by atoms with Crippen LogP contribution >= 0.6 is 0 Å². The first-order valence-electron chi connectivity index (χ1n) is 18.6. The lowest BCUT2D eigenvalue weighted by molar-refractivity contribution is -0.139. The minimum Gasteiger partial charge on any atom is -0.455 e. The summed E-state index contributed by atoms with van der Waals surface area (Å²) in [6, 6.07) is 0. The van der Waals surface area contributed by atoms with Crippen LogP contribution in [0.4, 0.5) is 0 Å². The summed E-state index contributed by atoms with van der Waals surface area (Å²) in [5.41, 5.74) is 0.617. The minimum absolute atomic E-state index is 0.0519. The zero-order valence-corrected chi connectivity index (χ0v) is 28.1. The van der Waals surface area contributed by atoms with E-state index in [0.717, 1.165) is 77.0 Å². The van der Waals surface area contributed by atoms with Crippen LogP contribution in [-0.2, 0) is 19.0 Å². The van der Waals surface area contributed by atoms with Crippen LogP contribution in [0.1, 0.15) is 168 Å². The highest BCUT2D eigenvalue weighted by atomic mass is 16.6. The van der Waals surface area contributed by atoms with E-state index >= 15 is 0 Å². The van der Waals surface area contributed by atoms with Crippen molar-refractivity contribution in [3.05, 3.63) is 11.6 Å². The second kappa shape index (κ2) is 21.7. The van der Waals surface area contributed by atoms with Gasteiger partial charge in [0.15, 0.2) is 0 Å². The zero-order valence-electron chi connectivity index (χ0n) is 28.1. The fourth-order valence-electron chi connectivity index (χ4n) is 7.28. The van der Waals surface area contributed by atoms with Crippen LogP contribution in [0.25, 0.3) is 0 Å². The number of carbonyl (C=O) groups is 1. The van der Waals surface area contributed by atoms with E-state index in [1.165, 1.54) is 70.6 Å². The highest BCUT2D eigenvalue weighted by Gasteiger charge is 2.40. The quantitative estimate of drug-likeness (QED) is 0.0703. The summed E-state index contributed by atoms with van der Waals surface area (Å²) in [5, 5.41) is 31.6. The number of esters is 1. The number of ether oxygens (including phenoxy) is 3. The van der Waals surface area contributed by atoms with E-state index in [1.54, 1.807) is 0 Å². The predicted octanol–water partition coefficient (Wildman–Crippen LogP) is 7.86. The molecule has 0 amide bonds. The standard InChI is InChI=1S/C37H66O7/c1-3-4-5-6-7-11-14-17-20-31(39)33-22-24-35(43-33)36-25-23-34(44-36)32(40)21-18-15-12-9-8-10-13-16-19-30(38)27-29-26-28(2)42-37(29)41/h26,28,30-36,38-40H,3-25,27H2,1-2H3/t28-,30+,31+,32-,33-,34-,35?,36-/m0/s1. The van der Waals surface area contributed by atoms with Gasteiger partial charge in [0.25, 0.3) is 0 Å². The lowest BCUT2D eigenvalue weighted by Gasteiger charge is -2.24. The Morgan fingerprint density at radius 3 is 1.52 bits per heavy atom. The van der Waals surface area contributed by atoms with Crippen molar-refractivity contribution >= 4 is 5.97 Å². The number of unbranched alkanes of at least 4 members (excludes halogenated alkanes) is 14. The van der Waals surface area contributed by atoms with E-state index in [1.807, 2.05) is 13.0 Å². The summed E-state index contributed by atoms with van der Waals surface area (Å²) in [6.07, 6.45) is 26.1. The summed E-state index contributed by atoms with van der Waals surface area (Å²) in [6.45, 7) is 4.09. The first-order valence-corrected chi connectivity index (χ1v) is 18.6. The molecule has 3 heterocycles. The normalized spacial score (nSPS) is 27.4. The second-order valence-electron chi connectivity index (χ2n) is 14.0. The van der Waals surface area contributed by atoms with Gasteiger partial charge < -0.3 is 29.5 Å². The van der Waals surface area contributed by atoms with Gasteiger partial charge in [-0.25, -0.2) is 4.79 Å². The van der Waals surface area contributed by atoms with E-state index in [9.17, 15) is 20.1 Å². The molecule has 2 fully saturated rings. The van der Waals surface area contributed by atoms with Crippen LogP contribution in [0.5, 0.6) is 0 Å². The maximum absolute atomic E-state index is 11.7. The predicted molar refractivity (Wildman–Crippen MR) is 175 cm³/mol. The average molecular weight is 623 g/mol. The molecule has 3 N–H and O–H groups in total. The fraction of sp³-hybridized carbons (Fsp3) is 0.919. The monoisotopic (exact) mass is 622 g/mol. The third kappa shape index (κ3) is 14.2. The molecule has 8 atom stereocenters. The van der Waals surface area contributed by atoms with Gasteiger partial charge >= 0.3 is 5.97 Å². The van der Waals surface area contributed by atoms with Crippen LogP contribution in [0.15, 0.2) is 11.6 Å². The molecule has 2 saturated heterocycles. The van der Waals surface area contributed by atoms with Crippen molar-refractivity contribution < 1.29 is 34.3 Å². The van der Waals surface area contributed by atoms with Crippen molar-refractivity contribution in [2.24, 2.45) is 0 Å². The summed E-state index contributed by atoms with van der Waals surface area (Å²) < 4.78 is 17.7. The third-order valence-corrected chi connectivity index (χ3v) is 10.0. The van der Waals surface area contributed by atoms with Crippen LogP contribution in [0.2, 0.25) is 0 Å². The van der Waals surface area contributed by atoms with Crippen LogP contribution in [0.3, 0.4) is 0 Å². The molecule has 7 heteroatoms. The number of hydrogen-bond acceptors (Lipinski definition) is 7. The molecule has 7 nitrogen and oxygen atoms in total. The highest BCUT2D eigenvalue weighted by Crippen LogP contribution is 2.34. The largest absolute Gasteiger partial charge is 0.455 e. The van der Waals surface area contributed by atoms with Gasteiger partial charge in [0.1, 0.15) is 6.10 Å². The van der Waals surface area contributed by atoms with Gasteiger partial charge in [-0.2, -0.15) is 0 Å². The first-order chi connectivity index (χ1) is 21.4. The number of aliphatic hydroxyl groups is 3. The molecular formula is C37H66O7. The summed E-state index contributed by atoms with van der Waals surface area (Å²) in [7, 11) is 0. The molecule has 0 aromatic carbocycles. The maximum Gasteiger partial charge on any atom is 0.334 e. The molecular weight excluding hydrogens is 556 g/mol. The molecule has 3 rings (SSSR count). The molecule has 3 aliphatic rings. The summed E-state index contributed by atoms with van der Waals surface area (Å²) >= 11 is 0. The number of aliphatic hydroxyl groups excluding tert-OH is 3. The van der Waals surface area contributed by atoms with Gasteiger partial charge in [-0.1, -0.05) is 110 Å². The maximum atomic E-state index is 11.7. The first kappa shape index (κ1) is 37.5. The fourth-order valence-corrected chi connectivity index (χ4v) is 7.28. The molecule has 0 bridgehead atoms. The van der Waals surface area contributed by atoms with Crippen molar-refractivity contribution in [2.75, 3.05) is 0 Å². The second-order valence-corrected chi connectivity index (χ2v) is 14.0. The number of carbonyl (C=O) groups excluding carboxylic acids is 1. The van der Waals surface area contributed by atoms with Crippen molar-refractivity contribution in [1.29, 1.82) is 0 Å². The molecule has 3 aliphatic heterocycles. The van der Waals surface area contributed by atoms with Crippen LogP contribution in [-0.4, -0.2) is 70.1 Å². The Bertz CT molecular complexity index is 801. The molecule has 44 heavy (non-hydrogen) atoms. The topological polar surface area (TPSA) is 105 Å². The average Bonchev–Trinajstić information content (AvgIpc) is 3.75. The van der Waals surface area contributed by atoms with Gasteiger partial charge in [-0.05, 0) is 57.9 Å². The van der Waals surface area contributed by atoms with Gasteiger partial charge in [0.2, 0.25) is 0 Å². The smallest absolute Gasteiger partial charge is 0.334 e. The van der Waals surface area contributed by atoms with E-state index in [2.05, 4.69) is 6.92 Å². The molecule has 0 aliphatic carbocycles. The van der Waals surface area contributed by atoms with Gasteiger partial charge in [-0.15, -0.1) is 0 Å². The Balaban J connectivity index is 1.13. The van der Waals surface area contributed by atoms with Crippen molar-refractivity contribution in [3.8, 4) is 0 Å². The van der Waals surface area contributed by atoms with E-state index in [-0.39, 0.29) is 42.6 Å². The lowest BCUT2D eigenvalue weighted by Crippen LogP contribution is -2.33. The van der Waals surface area contributed by atoms with Crippen LogP contribution < -0.4 is 0 Å². The van der Waals surface area contributed by atoms with Crippen LogP contribution in [0, 0.1) is 0 Å².